The average Bonchev–Trinajstić information content (AvgIpc) is 2.87. The van der Waals surface area contributed by atoms with E-state index in [1.165, 1.54) is 0 Å². The Kier molecular flexibility index (Phi) is 5.79. The lowest BCUT2D eigenvalue weighted by Crippen LogP contribution is -2.24. The molecule has 1 N–H and O–H groups in total. The Morgan fingerprint density at radius 1 is 1.32 bits per heavy atom. The highest BCUT2D eigenvalue weighted by Crippen LogP contribution is 2.21. The number of carbonyl (C=O) groups excluding carboxylic acids is 1. The van der Waals surface area contributed by atoms with E-state index in [-0.39, 0.29) is 6.61 Å². The van der Waals surface area contributed by atoms with Crippen LogP contribution in [0.25, 0.3) is 0 Å². The fourth-order valence-electron chi connectivity index (χ4n) is 2.28. The van der Waals surface area contributed by atoms with Crippen molar-refractivity contribution in [1.82, 2.24) is 14.8 Å². The molecule has 0 amide bonds. The van der Waals surface area contributed by atoms with Gasteiger partial charge in [-0.15, -0.1) is 0 Å². The van der Waals surface area contributed by atoms with E-state index in [1.807, 2.05) is 20.8 Å². The zero-order chi connectivity index (χ0) is 18.6. The smallest absolute Gasteiger partial charge is 0.342 e. The van der Waals surface area contributed by atoms with Crippen LogP contribution in [-0.4, -0.2) is 38.0 Å². The van der Waals surface area contributed by atoms with Crippen LogP contribution in [0.5, 0.6) is 5.75 Å². The number of aliphatic hydroxyl groups excluding tert-OH is 1. The van der Waals surface area contributed by atoms with Crippen LogP contribution in [0.15, 0.2) is 24.3 Å². The van der Waals surface area contributed by atoms with Crippen molar-refractivity contribution < 1.29 is 19.4 Å². The first kappa shape index (κ1) is 18.9. The van der Waals surface area contributed by atoms with Crippen LogP contribution in [0.4, 0.5) is 0 Å². The van der Waals surface area contributed by atoms with Crippen molar-refractivity contribution in [3.63, 3.8) is 0 Å². The summed E-state index contributed by atoms with van der Waals surface area (Å²) in [6.45, 7) is 9.54. The van der Waals surface area contributed by atoms with Crippen LogP contribution in [-0.2, 0) is 11.3 Å². The molecule has 0 bridgehead atoms. The largest absolute Gasteiger partial charge is 0.491 e. The van der Waals surface area contributed by atoms with Crippen molar-refractivity contribution in [1.29, 1.82) is 0 Å². The normalized spacial score (nSPS) is 12.7. The molecule has 0 spiro atoms. The summed E-state index contributed by atoms with van der Waals surface area (Å²) in [5, 5.41) is 14.0. The van der Waals surface area contributed by atoms with Crippen molar-refractivity contribution in [3.05, 3.63) is 41.5 Å². The third-order valence-electron chi connectivity index (χ3n) is 3.25. The molecule has 1 heterocycles. The van der Waals surface area contributed by atoms with Crippen molar-refractivity contribution >= 4 is 5.97 Å². The Hall–Kier alpha value is -2.41. The van der Waals surface area contributed by atoms with Gasteiger partial charge in [0.2, 0.25) is 0 Å². The van der Waals surface area contributed by atoms with Crippen molar-refractivity contribution in [2.45, 2.75) is 52.9 Å². The number of benzene rings is 1. The lowest BCUT2D eigenvalue weighted by Gasteiger charge is -2.20. The van der Waals surface area contributed by atoms with Gasteiger partial charge in [-0.25, -0.2) is 14.5 Å². The summed E-state index contributed by atoms with van der Waals surface area (Å²) in [4.78, 5) is 16.5. The molecule has 1 aromatic heterocycles. The molecule has 0 fully saturated rings. The number of rotatable bonds is 6. The maximum Gasteiger partial charge on any atom is 0.342 e. The van der Waals surface area contributed by atoms with Gasteiger partial charge in [-0.2, -0.15) is 5.10 Å². The topological polar surface area (TPSA) is 86.5 Å². The van der Waals surface area contributed by atoms with Crippen LogP contribution in [0, 0.1) is 6.92 Å². The molecule has 2 aromatic rings. The average molecular weight is 347 g/mol. The van der Waals surface area contributed by atoms with E-state index in [4.69, 9.17) is 9.47 Å². The number of aromatic nitrogens is 3. The van der Waals surface area contributed by atoms with Gasteiger partial charge in [0.15, 0.2) is 5.82 Å². The first-order chi connectivity index (χ1) is 11.7. The zero-order valence-electron chi connectivity index (χ0n) is 15.3. The standard InChI is InChI=1S/C18H25N3O4/c1-12(22)16-19-13(2)20-21(16)10-11-24-15-9-7-6-8-14(15)17(23)25-18(3,4)5/h6-9,12,22H,10-11H2,1-5H3. The molecule has 0 aliphatic carbocycles. The van der Waals surface area contributed by atoms with Gasteiger partial charge >= 0.3 is 5.97 Å². The van der Waals surface area contributed by atoms with Gasteiger partial charge in [0.1, 0.15) is 35.4 Å². The summed E-state index contributed by atoms with van der Waals surface area (Å²) in [6.07, 6.45) is -0.713. The maximum atomic E-state index is 12.3. The number of hydrogen-bond acceptors (Lipinski definition) is 6. The molecule has 1 aromatic carbocycles. The fraction of sp³-hybridized carbons (Fsp3) is 0.500. The number of aliphatic hydroxyl groups is 1. The van der Waals surface area contributed by atoms with Crippen molar-refractivity contribution in [2.24, 2.45) is 0 Å². The van der Waals surface area contributed by atoms with Gasteiger partial charge < -0.3 is 14.6 Å². The van der Waals surface area contributed by atoms with E-state index in [1.54, 1.807) is 42.8 Å². The monoisotopic (exact) mass is 347 g/mol. The molecular weight excluding hydrogens is 322 g/mol. The first-order valence-corrected chi connectivity index (χ1v) is 8.22. The van der Waals surface area contributed by atoms with Gasteiger partial charge in [-0.05, 0) is 46.8 Å². The van der Waals surface area contributed by atoms with Gasteiger partial charge in [0, 0.05) is 0 Å². The highest BCUT2D eigenvalue weighted by molar-refractivity contribution is 5.92. The second-order valence-corrected chi connectivity index (χ2v) is 6.76. The van der Waals surface area contributed by atoms with Gasteiger partial charge in [0.25, 0.3) is 0 Å². The van der Waals surface area contributed by atoms with Crippen LogP contribution >= 0.6 is 0 Å². The fourth-order valence-corrected chi connectivity index (χ4v) is 2.28. The first-order valence-electron chi connectivity index (χ1n) is 8.22. The maximum absolute atomic E-state index is 12.3. The third-order valence-corrected chi connectivity index (χ3v) is 3.25. The van der Waals surface area contributed by atoms with Gasteiger partial charge in [0.05, 0.1) is 6.54 Å². The summed E-state index contributed by atoms with van der Waals surface area (Å²) >= 11 is 0. The molecule has 136 valence electrons. The summed E-state index contributed by atoms with van der Waals surface area (Å²) in [6, 6.07) is 6.95. The molecule has 0 saturated heterocycles. The number of para-hydroxylation sites is 1. The number of aryl methyl sites for hydroxylation is 1. The number of carbonyl (C=O) groups is 1. The second-order valence-electron chi connectivity index (χ2n) is 6.76. The van der Waals surface area contributed by atoms with E-state index in [2.05, 4.69) is 10.1 Å². The summed E-state index contributed by atoms with van der Waals surface area (Å²) in [7, 11) is 0. The Balaban J connectivity index is 2.06. The Morgan fingerprint density at radius 2 is 2.00 bits per heavy atom. The number of nitrogens with zero attached hydrogens (tertiary/aromatic N) is 3. The SMILES string of the molecule is Cc1nc(C(C)O)n(CCOc2ccccc2C(=O)OC(C)(C)C)n1. The van der Waals surface area contributed by atoms with Gasteiger partial charge in [-0.1, -0.05) is 12.1 Å². The molecule has 7 heteroatoms. The van der Waals surface area contributed by atoms with Crippen molar-refractivity contribution in [2.75, 3.05) is 6.61 Å². The molecule has 0 aliphatic heterocycles. The Bertz CT molecular complexity index is 732. The highest BCUT2D eigenvalue weighted by atomic mass is 16.6. The van der Waals surface area contributed by atoms with E-state index >= 15 is 0 Å². The van der Waals surface area contributed by atoms with E-state index in [0.29, 0.717) is 29.5 Å². The van der Waals surface area contributed by atoms with E-state index in [9.17, 15) is 9.90 Å². The minimum Gasteiger partial charge on any atom is -0.491 e. The van der Waals surface area contributed by atoms with Crippen LogP contribution in [0.2, 0.25) is 0 Å². The molecule has 1 atom stereocenters. The van der Waals surface area contributed by atoms with Crippen LogP contribution < -0.4 is 4.74 Å². The highest BCUT2D eigenvalue weighted by Gasteiger charge is 2.21. The third kappa shape index (κ3) is 5.29. The minimum absolute atomic E-state index is 0.280. The Labute approximate surface area is 147 Å². The summed E-state index contributed by atoms with van der Waals surface area (Å²) in [5.74, 6) is 1.10. The van der Waals surface area contributed by atoms with E-state index < -0.39 is 17.7 Å². The number of hydrogen-bond donors (Lipinski definition) is 1. The lowest BCUT2D eigenvalue weighted by atomic mass is 10.1. The van der Waals surface area contributed by atoms with Crippen LogP contribution in [0.1, 0.15) is 55.8 Å². The summed E-state index contributed by atoms with van der Waals surface area (Å²) < 4.78 is 12.8. The number of ether oxygens (including phenoxy) is 2. The molecule has 0 radical (unpaired) electrons. The molecule has 0 aliphatic rings. The summed E-state index contributed by atoms with van der Waals surface area (Å²) in [5.41, 5.74) is -0.197. The van der Waals surface area contributed by atoms with Crippen LogP contribution in [0.3, 0.4) is 0 Å². The van der Waals surface area contributed by atoms with Crippen molar-refractivity contribution in [3.8, 4) is 5.75 Å². The molecular formula is C18H25N3O4. The molecule has 25 heavy (non-hydrogen) atoms. The molecule has 7 nitrogen and oxygen atoms in total. The zero-order valence-corrected chi connectivity index (χ0v) is 15.3. The van der Waals surface area contributed by atoms with Gasteiger partial charge in [-0.3, -0.25) is 0 Å². The quantitative estimate of drug-likeness (QED) is 0.809. The molecule has 2 rings (SSSR count). The Morgan fingerprint density at radius 3 is 2.64 bits per heavy atom. The minimum atomic E-state index is -0.713. The molecule has 0 saturated carbocycles. The van der Waals surface area contributed by atoms with E-state index in [0.717, 1.165) is 0 Å². The lowest BCUT2D eigenvalue weighted by molar-refractivity contribution is 0.00657. The molecule has 1 unspecified atom stereocenters. The number of esters is 1. The predicted molar refractivity (Wildman–Crippen MR) is 92.5 cm³/mol. The second kappa shape index (κ2) is 7.65. The predicted octanol–water partition coefficient (Wildman–Crippen LogP) is 2.67.